The van der Waals surface area contributed by atoms with Gasteiger partial charge in [0.05, 0.1) is 25.0 Å². The van der Waals surface area contributed by atoms with Crippen molar-refractivity contribution >= 4 is 33.9 Å². The van der Waals surface area contributed by atoms with E-state index in [0.717, 1.165) is 11.3 Å². The van der Waals surface area contributed by atoms with Crippen LogP contribution in [0.15, 0.2) is 0 Å². The van der Waals surface area contributed by atoms with Gasteiger partial charge in [0, 0.05) is 13.1 Å². The van der Waals surface area contributed by atoms with Crippen LogP contribution in [-0.2, 0) is 4.74 Å². The van der Waals surface area contributed by atoms with Crippen LogP contribution in [-0.4, -0.2) is 54.5 Å². The topological polar surface area (TPSA) is 139 Å². The zero-order valence-corrected chi connectivity index (χ0v) is 11.5. The summed E-state index contributed by atoms with van der Waals surface area (Å²) in [7, 11) is 1.20. The quantitative estimate of drug-likeness (QED) is 0.512. The van der Waals surface area contributed by atoms with E-state index < -0.39 is 24.1 Å². The van der Waals surface area contributed by atoms with Gasteiger partial charge in [-0.3, -0.25) is 4.79 Å². The Balaban J connectivity index is 2.49. The lowest BCUT2D eigenvalue weighted by atomic mass is 10.2. The molecule has 8 nitrogen and oxygen atoms in total. The van der Waals surface area contributed by atoms with Gasteiger partial charge < -0.3 is 31.3 Å². The first kappa shape index (κ1) is 14.6. The number of ether oxygens (including phenoxy) is 1. The van der Waals surface area contributed by atoms with Crippen molar-refractivity contribution in [3.8, 4) is 0 Å². The Labute approximate surface area is 118 Å². The Hall–Kier alpha value is -1.84. The first-order valence-corrected chi connectivity index (χ1v) is 6.60. The number of esters is 1. The third kappa shape index (κ3) is 2.30. The molecule has 2 heterocycles. The number of thiophene rings is 1. The van der Waals surface area contributed by atoms with Crippen LogP contribution in [0.25, 0.3) is 0 Å². The lowest BCUT2D eigenvalue weighted by Crippen LogP contribution is -2.22. The number of β-amino-alcohol motifs (C(OH)–C–C–N with tert-alkyl or cyclic N) is 2. The molecule has 20 heavy (non-hydrogen) atoms. The monoisotopic (exact) mass is 301 g/mol. The highest BCUT2D eigenvalue weighted by Gasteiger charge is 2.35. The number of nitrogens with zero attached hydrogens (tertiary/aromatic N) is 1. The van der Waals surface area contributed by atoms with E-state index in [-0.39, 0.29) is 29.2 Å². The fourth-order valence-corrected chi connectivity index (χ4v) is 3.15. The summed E-state index contributed by atoms with van der Waals surface area (Å²) in [4.78, 5) is 24.8. The van der Waals surface area contributed by atoms with Gasteiger partial charge in [0.1, 0.15) is 15.4 Å². The second-order valence-corrected chi connectivity index (χ2v) is 5.42. The molecule has 9 heteroatoms. The second-order valence-electron chi connectivity index (χ2n) is 4.42. The first-order chi connectivity index (χ1) is 9.36. The largest absolute Gasteiger partial charge is 0.465 e. The number of nitrogen functional groups attached to an aromatic ring is 1. The number of rotatable bonds is 3. The smallest absolute Gasteiger partial charge is 0.343 e. The van der Waals surface area contributed by atoms with E-state index in [9.17, 15) is 19.8 Å². The van der Waals surface area contributed by atoms with Gasteiger partial charge in [-0.15, -0.1) is 11.3 Å². The van der Waals surface area contributed by atoms with Crippen LogP contribution in [0.5, 0.6) is 0 Å². The Morgan fingerprint density at radius 3 is 2.35 bits per heavy atom. The molecule has 1 aliphatic rings. The number of amides is 1. The van der Waals surface area contributed by atoms with Gasteiger partial charge >= 0.3 is 5.97 Å². The van der Waals surface area contributed by atoms with Crippen LogP contribution in [0.2, 0.25) is 0 Å². The van der Waals surface area contributed by atoms with Crippen molar-refractivity contribution in [3.63, 3.8) is 0 Å². The zero-order valence-electron chi connectivity index (χ0n) is 10.7. The lowest BCUT2D eigenvalue weighted by molar-refractivity contribution is 0.0572. The maximum absolute atomic E-state index is 11.8. The molecule has 1 amide bonds. The molecule has 1 aliphatic heterocycles. The maximum atomic E-state index is 11.8. The van der Waals surface area contributed by atoms with Gasteiger partial charge in [0.15, 0.2) is 0 Å². The molecule has 0 bridgehead atoms. The summed E-state index contributed by atoms with van der Waals surface area (Å²) in [6.07, 6.45) is -1.86. The summed E-state index contributed by atoms with van der Waals surface area (Å²) < 4.78 is 4.65. The summed E-state index contributed by atoms with van der Waals surface area (Å²) in [6, 6.07) is 0. The molecular weight excluding hydrogens is 286 g/mol. The van der Waals surface area contributed by atoms with E-state index in [2.05, 4.69) is 4.74 Å². The van der Waals surface area contributed by atoms with E-state index in [4.69, 9.17) is 11.5 Å². The predicted octanol–water partition coefficient (Wildman–Crippen LogP) is -1.24. The van der Waals surface area contributed by atoms with E-state index >= 15 is 0 Å². The Morgan fingerprint density at radius 2 is 1.90 bits per heavy atom. The van der Waals surface area contributed by atoms with Gasteiger partial charge in [-0.1, -0.05) is 0 Å². The molecule has 2 unspecified atom stereocenters. The molecule has 2 rings (SSSR count). The number of carbonyl (C=O) groups excluding carboxylic acids is 2. The molecule has 1 fully saturated rings. The first-order valence-electron chi connectivity index (χ1n) is 5.78. The van der Waals surface area contributed by atoms with Crippen LogP contribution < -0.4 is 16.4 Å². The number of hydrogen-bond acceptors (Lipinski definition) is 8. The summed E-state index contributed by atoms with van der Waals surface area (Å²) in [5, 5.41) is 19.5. The van der Waals surface area contributed by atoms with Crippen LogP contribution in [0.3, 0.4) is 0 Å². The average Bonchev–Trinajstić information content (AvgIpc) is 2.90. The minimum atomic E-state index is -0.930. The van der Waals surface area contributed by atoms with Gasteiger partial charge in [-0.05, 0) is 0 Å². The number of anilines is 2. The van der Waals surface area contributed by atoms with Crippen molar-refractivity contribution in [3.05, 3.63) is 10.4 Å². The van der Waals surface area contributed by atoms with Gasteiger partial charge in [0.2, 0.25) is 0 Å². The molecule has 0 radical (unpaired) electrons. The molecule has 0 saturated carbocycles. The van der Waals surface area contributed by atoms with Crippen molar-refractivity contribution in [1.29, 1.82) is 0 Å². The van der Waals surface area contributed by atoms with Crippen molar-refractivity contribution in [2.75, 3.05) is 30.8 Å². The third-order valence-electron chi connectivity index (χ3n) is 3.09. The lowest BCUT2D eigenvalue weighted by Gasteiger charge is -2.16. The van der Waals surface area contributed by atoms with Gasteiger partial charge in [0.25, 0.3) is 5.91 Å². The molecule has 1 aromatic heterocycles. The van der Waals surface area contributed by atoms with E-state index in [1.54, 1.807) is 4.90 Å². The summed E-state index contributed by atoms with van der Waals surface area (Å²) >= 11 is 0.943. The number of aliphatic hydroxyl groups excluding tert-OH is 2. The minimum absolute atomic E-state index is 0.0348. The zero-order chi connectivity index (χ0) is 15.0. The standard InChI is InChI=1S/C11H15N3O5S/c1-19-11(18)6-7(12)8(9(13)17)20-10(6)14-2-4(15)5(16)3-14/h4-5,15-16H,2-3,12H2,1H3,(H2,13,17). The fraction of sp³-hybridized carbons (Fsp3) is 0.455. The number of hydrogen-bond donors (Lipinski definition) is 4. The van der Waals surface area contributed by atoms with Crippen molar-refractivity contribution in [2.45, 2.75) is 12.2 Å². The number of primary amides is 1. The van der Waals surface area contributed by atoms with E-state index in [1.807, 2.05) is 0 Å². The third-order valence-corrected chi connectivity index (χ3v) is 4.37. The number of carbonyl (C=O) groups is 2. The summed E-state index contributed by atoms with van der Waals surface area (Å²) in [5.74, 6) is -1.44. The molecule has 0 aromatic carbocycles. The Bertz CT molecular complexity index is 548. The van der Waals surface area contributed by atoms with E-state index in [0.29, 0.717) is 5.00 Å². The minimum Gasteiger partial charge on any atom is -0.465 e. The average molecular weight is 301 g/mol. The number of aliphatic hydroxyl groups is 2. The molecule has 1 aromatic rings. The Morgan fingerprint density at radius 1 is 1.35 bits per heavy atom. The maximum Gasteiger partial charge on any atom is 0.343 e. The summed E-state index contributed by atoms with van der Waals surface area (Å²) in [5.41, 5.74) is 11.0. The number of nitrogens with two attached hydrogens (primary N) is 2. The molecule has 1 saturated heterocycles. The van der Waals surface area contributed by atoms with Crippen molar-refractivity contribution in [1.82, 2.24) is 0 Å². The predicted molar refractivity (Wildman–Crippen MR) is 72.8 cm³/mol. The number of methoxy groups -OCH3 is 1. The normalized spacial score (nSPS) is 22.1. The molecule has 0 spiro atoms. The van der Waals surface area contributed by atoms with Crippen LogP contribution >= 0.6 is 11.3 Å². The van der Waals surface area contributed by atoms with Crippen LogP contribution in [0.1, 0.15) is 20.0 Å². The highest BCUT2D eigenvalue weighted by Crippen LogP contribution is 2.39. The highest BCUT2D eigenvalue weighted by atomic mass is 32.1. The fourth-order valence-electron chi connectivity index (χ4n) is 2.07. The second kappa shape index (κ2) is 5.27. The molecule has 110 valence electrons. The van der Waals surface area contributed by atoms with Crippen LogP contribution in [0.4, 0.5) is 10.7 Å². The van der Waals surface area contributed by atoms with Crippen LogP contribution in [0, 0.1) is 0 Å². The molecular formula is C11H15N3O5S. The molecule has 0 aliphatic carbocycles. The molecule has 2 atom stereocenters. The Kier molecular flexibility index (Phi) is 3.84. The summed E-state index contributed by atoms with van der Waals surface area (Å²) in [6.45, 7) is 0.257. The van der Waals surface area contributed by atoms with Crippen molar-refractivity contribution in [2.24, 2.45) is 5.73 Å². The SMILES string of the molecule is COC(=O)c1c(N2CC(O)C(O)C2)sc(C(N)=O)c1N. The highest BCUT2D eigenvalue weighted by molar-refractivity contribution is 7.19. The van der Waals surface area contributed by atoms with E-state index in [1.165, 1.54) is 7.11 Å². The van der Waals surface area contributed by atoms with Gasteiger partial charge in [-0.25, -0.2) is 4.79 Å². The van der Waals surface area contributed by atoms with Crippen molar-refractivity contribution < 1.29 is 24.5 Å². The molecule has 6 N–H and O–H groups in total. The van der Waals surface area contributed by atoms with Gasteiger partial charge in [-0.2, -0.15) is 0 Å².